The Morgan fingerprint density at radius 1 is 1.38 bits per heavy atom. The Bertz CT molecular complexity index is 701. The molecule has 3 N–H and O–H groups in total. The summed E-state index contributed by atoms with van der Waals surface area (Å²) in [4.78, 5) is 25.1. The van der Waals surface area contributed by atoms with Crippen LogP contribution < -0.4 is 10.6 Å². The Balaban J connectivity index is 1.69. The Kier molecular flexibility index (Phi) is 4.69. The predicted octanol–water partition coefficient (Wildman–Crippen LogP) is 2.66. The highest BCUT2D eigenvalue weighted by Crippen LogP contribution is 2.42. The molecule has 1 atom stereocenters. The van der Waals surface area contributed by atoms with Crippen molar-refractivity contribution in [1.82, 2.24) is 15.5 Å². The van der Waals surface area contributed by atoms with Gasteiger partial charge in [0, 0.05) is 12.0 Å². The van der Waals surface area contributed by atoms with E-state index in [1.165, 1.54) is 6.26 Å². The minimum atomic E-state index is -0.622. The minimum absolute atomic E-state index is 0.259. The van der Waals surface area contributed by atoms with Crippen LogP contribution in [-0.2, 0) is 4.79 Å². The second-order valence-corrected chi connectivity index (χ2v) is 6.59. The van der Waals surface area contributed by atoms with Gasteiger partial charge in [0.25, 0.3) is 5.91 Å². The number of nitrogens with one attached hydrogen (secondary N) is 3. The smallest absolute Gasteiger partial charge is 0.255 e. The van der Waals surface area contributed by atoms with E-state index in [0.29, 0.717) is 23.7 Å². The maximum Gasteiger partial charge on any atom is 0.255 e. The number of carbonyl (C=O) groups is 2. The van der Waals surface area contributed by atoms with E-state index in [1.807, 2.05) is 13.8 Å². The lowest BCUT2D eigenvalue weighted by atomic mass is 10.0. The van der Waals surface area contributed by atoms with Crippen LogP contribution in [0.3, 0.4) is 0 Å². The zero-order valence-corrected chi connectivity index (χ0v) is 13.8. The second-order valence-electron chi connectivity index (χ2n) is 6.59. The van der Waals surface area contributed by atoms with E-state index in [-0.39, 0.29) is 17.7 Å². The largest absolute Gasteiger partial charge is 0.468 e. The van der Waals surface area contributed by atoms with Gasteiger partial charge < -0.3 is 15.1 Å². The first-order valence-corrected chi connectivity index (χ1v) is 8.23. The number of furan rings is 1. The Hall–Kier alpha value is -2.57. The van der Waals surface area contributed by atoms with Gasteiger partial charge in [0.05, 0.1) is 18.0 Å². The van der Waals surface area contributed by atoms with E-state index in [4.69, 9.17) is 4.42 Å². The van der Waals surface area contributed by atoms with Crippen molar-refractivity contribution < 1.29 is 14.0 Å². The van der Waals surface area contributed by atoms with Gasteiger partial charge in [-0.1, -0.05) is 13.8 Å². The molecule has 7 heteroatoms. The maximum absolute atomic E-state index is 12.6. The standard InChI is InChI=1S/C17H22N4O3/c1-10(2)9-13(17(23)20-14-5-7-18-21-14)19-16(22)12-6-8-24-15(12)11-3-4-11/h5-8,10-11,13H,3-4,9H2,1-2H3,(H,19,22)(H2,18,20,21,23)/t13-/m1/s1. The average molecular weight is 330 g/mol. The number of aromatic nitrogens is 2. The summed E-state index contributed by atoms with van der Waals surface area (Å²) in [5.74, 6) is 1.29. The summed E-state index contributed by atoms with van der Waals surface area (Å²) in [6.07, 6.45) is 5.72. The van der Waals surface area contributed by atoms with Crippen molar-refractivity contribution in [3.63, 3.8) is 0 Å². The molecule has 1 saturated carbocycles. The quantitative estimate of drug-likeness (QED) is 0.726. The molecule has 1 aliphatic rings. The maximum atomic E-state index is 12.6. The summed E-state index contributed by atoms with van der Waals surface area (Å²) in [5, 5.41) is 12.0. The molecule has 2 heterocycles. The Morgan fingerprint density at radius 3 is 2.79 bits per heavy atom. The van der Waals surface area contributed by atoms with Crippen LogP contribution in [-0.4, -0.2) is 28.1 Å². The molecule has 1 aliphatic carbocycles. The number of anilines is 1. The van der Waals surface area contributed by atoms with Crippen LogP contribution in [0, 0.1) is 5.92 Å². The van der Waals surface area contributed by atoms with Crippen molar-refractivity contribution in [2.45, 2.75) is 45.1 Å². The number of hydrogen-bond donors (Lipinski definition) is 3. The van der Waals surface area contributed by atoms with Gasteiger partial charge in [0.15, 0.2) is 0 Å². The van der Waals surface area contributed by atoms with Crippen LogP contribution in [0.25, 0.3) is 0 Å². The molecule has 1 fully saturated rings. The van der Waals surface area contributed by atoms with Gasteiger partial charge in [-0.25, -0.2) is 0 Å². The zero-order chi connectivity index (χ0) is 17.1. The van der Waals surface area contributed by atoms with Gasteiger partial charge in [-0.15, -0.1) is 0 Å². The van der Waals surface area contributed by atoms with Crippen molar-refractivity contribution in [1.29, 1.82) is 0 Å². The molecule has 0 aromatic carbocycles. The van der Waals surface area contributed by atoms with Gasteiger partial charge >= 0.3 is 0 Å². The highest BCUT2D eigenvalue weighted by atomic mass is 16.3. The molecule has 0 saturated heterocycles. The fraction of sp³-hybridized carbons (Fsp3) is 0.471. The third-order valence-corrected chi connectivity index (χ3v) is 3.98. The number of aromatic amines is 1. The van der Waals surface area contributed by atoms with Crippen molar-refractivity contribution in [2.24, 2.45) is 5.92 Å². The number of hydrogen-bond acceptors (Lipinski definition) is 4. The molecule has 2 amide bonds. The summed E-state index contributed by atoms with van der Waals surface area (Å²) in [5.41, 5.74) is 0.528. The molecule has 0 bridgehead atoms. The number of H-pyrrole nitrogens is 1. The average Bonchev–Trinajstić information content (AvgIpc) is 3.04. The molecule has 3 rings (SSSR count). The molecular weight excluding hydrogens is 308 g/mol. The summed E-state index contributed by atoms with van der Waals surface area (Å²) < 4.78 is 5.44. The molecule has 0 aliphatic heterocycles. The number of nitrogens with zero attached hydrogens (tertiary/aromatic N) is 1. The van der Waals surface area contributed by atoms with Crippen LogP contribution in [0.5, 0.6) is 0 Å². The van der Waals surface area contributed by atoms with Gasteiger partial charge in [-0.3, -0.25) is 14.7 Å². The highest BCUT2D eigenvalue weighted by molar-refractivity contribution is 6.01. The minimum Gasteiger partial charge on any atom is -0.468 e. The fourth-order valence-electron chi connectivity index (χ4n) is 2.65. The third-order valence-electron chi connectivity index (χ3n) is 3.98. The fourth-order valence-corrected chi connectivity index (χ4v) is 2.65. The Labute approximate surface area is 140 Å². The Morgan fingerprint density at radius 2 is 2.17 bits per heavy atom. The number of amides is 2. The van der Waals surface area contributed by atoms with E-state index < -0.39 is 6.04 Å². The molecule has 2 aromatic heterocycles. The molecule has 24 heavy (non-hydrogen) atoms. The molecule has 2 aromatic rings. The first-order chi connectivity index (χ1) is 11.5. The number of rotatable bonds is 7. The van der Waals surface area contributed by atoms with Gasteiger partial charge in [0.2, 0.25) is 5.91 Å². The normalized spacial score (nSPS) is 15.3. The van der Waals surface area contributed by atoms with Crippen molar-refractivity contribution in [2.75, 3.05) is 5.32 Å². The van der Waals surface area contributed by atoms with Crippen molar-refractivity contribution >= 4 is 17.6 Å². The second kappa shape index (κ2) is 6.90. The molecule has 0 unspecified atom stereocenters. The molecule has 128 valence electrons. The van der Waals surface area contributed by atoms with E-state index in [9.17, 15) is 9.59 Å². The van der Waals surface area contributed by atoms with Crippen LogP contribution in [0.1, 0.15) is 55.1 Å². The summed E-state index contributed by atoms with van der Waals surface area (Å²) >= 11 is 0. The van der Waals surface area contributed by atoms with E-state index in [1.54, 1.807) is 18.3 Å². The predicted molar refractivity (Wildman–Crippen MR) is 88.6 cm³/mol. The van der Waals surface area contributed by atoms with Gasteiger partial charge in [-0.2, -0.15) is 5.10 Å². The topological polar surface area (TPSA) is 100 Å². The lowest BCUT2D eigenvalue weighted by Gasteiger charge is -2.19. The first-order valence-electron chi connectivity index (χ1n) is 8.23. The monoisotopic (exact) mass is 330 g/mol. The van der Waals surface area contributed by atoms with E-state index >= 15 is 0 Å². The van der Waals surface area contributed by atoms with Crippen LogP contribution >= 0.6 is 0 Å². The van der Waals surface area contributed by atoms with Crippen LogP contribution in [0.15, 0.2) is 29.0 Å². The van der Waals surface area contributed by atoms with Gasteiger partial charge in [-0.05, 0) is 31.2 Å². The lowest BCUT2D eigenvalue weighted by Crippen LogP contribution is -2.44. The first kappa shape index (κ1) is 16.3. The summed E-state index contributed by atoms with van der Waals surface area (Å²) in [6.45, 7) is 4.02. The van der Waals surface area contributed by atoms with Crippen LogP contribution in [0.4, 0.5) is 5.82 Å². The zero-order valence-electron chi connectivity index (χ0n) is 13.8. The van der Waals surface area contributed by atoms with E-state index in [0.717, 1.165) is 18.6 Å². The summed E-state index contributed by atoms with van der Waals surface area (Å²) in [6, 6.07) is 2.71. The van der Waals surface area contributed by atoms with Crippen LogP contribution in [0.2, 0.25) is 0 Å². The van der Waals surface area contributed by atoms with Gasteiger partial charge in [0.1, 0.15) is 17.6 Å². The molecule has 7 nitrogen and oxygen atoms in total. The third kappa shape index (κ3) is 3.84. The molecular formula is C17H22N4O3. The SMILES string of the molecule is CC(C)C[C@@H](NC(=O)c1ccoc1C1CC1)C(=O)Nc1ccn[nH]1. The van der Waals surface area contributed by atoms with Crippen molar-refractivity contribution in [3.05, 3.63) is 35.9 Å². The molecule has 0 spiro atoms. The van der Waals surface area contributed by atoms with E-state index in [2.05, 4.69) is 20.8 Å². The molecule has 0 radical (unpaired) electrons. The van der Waals surface area contributed by atoms with Crippen molar-refractivity contribution in [3.8, 4) is 0 Å². The highest BCUT2D eigenvalue weighted by Gasteiger charge is 2.32. The summed E-state index contributed by atoms with van der Waals surface area (Å²) in [7, 11) is 0. The lowest BCUT2D eigenvalue weighted by molar-refractivity contribution is -0.118. The number of carbonyl (C=O) groups excluding carboxylic acids is 2.